The fraction of sp³-hybridized carbons (Fsp3) is 0.400. The second kappa shape index (κ2) is 6.36. The quantitative estimate of drug-likeness (QED) is 0.791. The highest BCUT2D eigenvalue weighted by molar-refractivity contribution is 5.18. The van der Waals surface area contributed by atoms with Crippen LogP contribution >= 0.6 is 0 Å². The van der Waals surface area contributed by atoms with Gasteiger partial charge in [0.15, 0.2) is 0 Å². The lowest BCUT2D eigenvalue weighted by Gasteiger charge is -2.11. The van der Waals surface area contributed by atoms with Crippen molar-refractivity contribution in [1.82, 2.24) is 15.1 Å². The Balaban J connectivity index is 1.69. The Morgan fingerprint density at radius 2 is 2.06 bits per heavy atom. The van der Waals surface area contributed by atoms with Crippen molar-refractivity contribution in [2.45, 2.75) is 25.8 Å². The van der Waals surface area contributed by atoms with Crippen molar-refractivity contribution in [2.24, 2.45) is 7.05 Å². The van der Waals surface area contributed by atoms with Gasteiger partial charge in [-0.25, -0.2) is 0 Å². The molecule has 2 rings (SSSR count). The molecule has 1 atom stereocenters. The fourth-order valence-electron chi connectivity index (χ4n) is 2.06. The van der Waals surface area contributed by atoms with Gasteiger partial charge < -0.3 is 5.32 Å². The Morgan fingerprint density at radius 1 is 1.28 bits per heavy atom. The molecule has 0 bridgehead atoms. The SMILES string of the molecule is CC(CCNCc1cnn(C)c1)c1ccccc1. The van der Waals surface area contributed by atoms with E-state index in [1.807, 2.05) is 24.1 Å². The zero-order valence-corrected chi connectivity index (χ0v) is 11.1. The molecule has 0 aliphatic heterocycles. The lowest BCUT2D eigenvalue weighted by Crippen LogP contribution is -2.16. The number of nitrogens with zero attached hydrogens (tertiary/aromatic N) is 2. The van der Waals surface area contributed by atoms with Crippen LogP contribution in [0.3, 0.4) is 0 Å². The van der Waals surface area contributed by atoms with E-state index in [1.54, 1.807) is 0 Å². The molecule has 2 aromatic rings. The van der Waals surface area contributed by atoms with Gasteiger partial charge in [0.05, 0.1) is 6.20 Å². The minimum Gasteiger partial charge on any atom is -0.313 e. The van der Waals surface area contributed by atoms with Gasteiger partial charge in [-0.05, 0) is 24.4 Å². The summed E-state index contributed by atoms with van der Waals surface area (Å²) in [6, 6.07) is 10.7. The van der Waals surface area contributed by atoms with Gasteiger partial charge in [-0.2, -0.15) is 5.10 Å². The Morgan fingerprint density at radius 3 is 2.72 bits per heavy atom. The first-order valence-corrected chi connectivity index (χ1v) is 6.49. The van der Waals surface area contributed by atoms with E-state index < -0.39 is 0 Å². The highest BCUT2D eigenvalue weighted by Gasteiger charge is 2.04. The monoisotopic (exact) mass is 243 g/mol. The number of hydrogen-bond donors (Lipinski definition) is 1. The van der Waals surface area contributed by atoms with E-state index >= 15 is 0 Å². The van der Waals surface area contributed by atoms with Gasteiger partial charge in [-0.15, -0.1) is 0 Å². The summed E-state index contributed by atoms with van der Waals surface area (Å²) in [4.78, 5) is 0. The standard InChI is InChI=1S/C15H21N3/c1-13(15-6-4-3-5-7-15)8-9-16-10-14-11-17-18(2)12-14/h3-7,11-13,16H,8-10H2,1-2H3. The molecule has 0 saturated carbocycles. The highest BCUT2D eigenvalue weighted by atomic mass is 15.2. The predicted octanol–water partition coefficient (Wildman–Crippen LogP) is 2.70. The number of hydrogen-bond acceptors (Lipinski definition) is 2. The molecule has 1 aromatic carbocycles. The third-order valence-corrected chi connectivity index (χ3v) is 3.21. The Bertz CT molecular complexity index is 462. The van der Waals surface area contributed by atoms with E-state index in [1.165, 1.54) is 11.1 Å². The lowest BCUT2D eigenvalue weighted by atomic mass is 9.98. The van der Waals surface area contributed by atoms with Gasteiger partial charge in [0.25, 0.3) is 0 Å². The summed E-state index contributed by atoms with van der Waals surface area (Å²) in [5.74, 6) is 0.604. The van der Waals surface area contributed by atoms with Crippen LogP contribution < -0.4 is 5.32 Å². The molecule has 0 radical (unpaired) electrons. The molecule has 1 heterocycles. The van der Waals surface area contributed by atoms with E-state index in [4.69, 9.17) is 0 Å². The number of nitrogens with one attached hydrogen (secondary N) is 1. The molecular weight excluding hydrogens is 222 g/mol. The summed E-state index contributed by atoms with van der Waals surface area (Å²) in [5, 5.41) is 7.62. The molecule has 3 heteroatoms. The molecule has 18 heavy (non-hydrogen) atoms. The third kappa shape index (κ3) is 3.70. The molecule has 0 aliphatic rings. The predicted molar refractivity (Wildman–Crippen MR) is 74.4 cm³/mol. The maximum Gasteiger partial charge on any atom is 0.0534 e. The van der Waals surface area contributed by atoms with Crippen molar-refractivity contribution in [3.63, 3.8) is 0 Å². The maximum absolute atomic E-state index is 4.15. The van der Waals surface area contributed by atoms with Crippen molar-refractivity contribution in [2.75, 3.05) is 6.54 Å². The zero-order valence-electron chi connectivity index (χ0n) is 11.1. The number of aromatic nitrogens is 2. The molecule has 3 nitrogen and oxygen atoms in total. The molecule has 0 fully saturated rings. The van der Waals surface area contributed by atoms with E-state index in [2.05, 4.69) is 47.7 Å². The molecule has 0 spiro atoms. The lowest BCUT2D eigenvalue weighted by molar-refractivity contribution is 0.594. The van der Waals surface area contributed by atoms with Crippen LogP contribution in [0.2, 0.25) is 0 Å². The van der Waals surface area contributed by atoms with Crippen molar-refractivity contribution < 1.29 is 0 Å². The molecular formula is C15H21N3. The summed E-state index contributed by atoms with van der Waals surface area (Å²) in [6.07, 6.45) is 5.12. The Labute approximate surface area is 109 Å². The van der Waals surface area contributed by atoms with Crippen molar-refractivity contribution in [1.29, 1.82) is 0 Å². The number of aryl methyl sites for hydroxylation is 1. The average molecular weight is 243 g/mol. The highest BCUT2D eigenvalue weighted by Crippen LogP contribution is 2.17. The summed E-state index contributed by atoms with van der Waals surface area (Å²) >= 11 is 0. The minimum absolute atomic E-state index is 0.604. The van der Waals surface area contributed by atoms with E-state index in [-0.39, 0.29) is 0 Å². The van der Waals surface area contributed by atoms with Crippen LogP contribution in [0.4, 0.5) is 0 Å². The van der Waals surface area contributed by atoms with Gasteiger partial charge in [-0.3, -0.25) is 4.68 Å². The van der Waals surface area contributed by atoms with Crippen LogP contribution in [-0.2, 0) is 13.6 Å². The van der Waals surface area contributed by atoms with Crippen LogP contribution in [0.25, 0.3) is 0 Å². The first-order valence-electron chi connectivity index (χ1n) is 6.49. The molecule has 0 aliphatic carbocycles. The molecule has 0 amide bonds. The van der Waals surface area contributed by atoms with Crippen LogP contribution in [0.5, 0.6) is 0 Å². The van der Waals surface area contributed by atoms with Crippen LogP contribution in [0, 0.1) is 0 Å². The van der Waals surface area contributed by atoms with E-state index in [0.717, 1.165) is 19.5 Å². The van der Waals surface area contributed by atoms with Gasteiger partial charge in [-0.1, -0.05) is 37.3 Å². The molecule has 1 N–H and O–H groups in total. The van der Waals surface area contributed by atoms with E-state index in [0.29, 0.717) is 5.92 Å². The van der Waals surface area contributed by atoms with Gasteiger partial charge >= 0.3 is 0 Å². The van der Waals surface area contributed by atoms with Crippen LogP contribution in [0.15, 0.2) is 42.7 Å². The number of rotatable bonds is 6. The number of benzene rings is 1. The van der Waals surface area contributed by atoms with Crippen molar-refractivity contribution in [3.8, 4) is 0 Å². The van der Waals surface area contributed by atoms with Gasteiger partial charge in [0, 0.05) is 25.4 Å². The topological polar surface area (TPSA) is 29.9 Å². The van der Waals surface area contributed by atoms with Crippen molar-refractivity contribution >= 4 is 0 Å². The summed E-state index contributed by atoms with van der Waals surface area (Å²) in [7, 11) is 1.95. The second-order valence-corrected chi connectivity index (χ2v) is 4.80. The molecule has 96 valence electrons. The molecule has 0 saturated heterocycles. The van der Waals surface area contributed by atoms with Crippen LogP contribution in [-0.4, -0.2) is 16.3 Å². The third-order valence-electron chi connectivity index (χ3n) is 3.21. The average Bonchev–Trinajstić information content (AvgIpc) is 2.81. The Kier molecular flexibility index (Phi) is 4.53. The maximum atomic E-state index is 4.15. The largest absolute Gasteiger partial charge is 0.313 e. The summed E-state index contributed by atoms with van der Waals surface area (Å²) in [5.41, 5.74) is 2.66. The van der Waals surface area contributed by atoms with E-state index in [9.17, 15) is 0 Å². The van der Waals surface area contributed by atoms with Crippen molar-refractivity contribution in [3.05, 3.63) is 53.9 Å². The smallest absolute Gasteiger partial charge is 0.0534 e. The fourth-order valence-corrected chi connectivity index (χ4v) is 2.06. The van der Waals surface area contributed by atoms with Gasteiger partial charge in [0.2, 0.25) is 0 Å². The van der Waals surface area contributed by atoms with Gasteiger partial charge in [0.1, 0.15) is 0 Å². The first kappa shape index (κ1) is 12.8. The summed E-state index contributed by atoms with van der Waals surface area (Å²) < 4.78 is 1.84. The molecule has 1 unspecified atom stereocenters. The zero-order chi connectivity index (χ0) is 12.8. The first-order chi connectivity index (χ1) is 8.75. The second-order valence-electron chi connectivity index (χ2n) is 4.80. The summed E-state index contributed by atoms with van der Waals surface area (Å²) in [6.45, 7) is 4.21. The van der Waals surface area contributed by atoms with Crippen LogP contribution in [0.1, 0.15) is 30.4 Å². The molecule has 1 aromatic heterocycles. The normalized spacial score (nSPS) is 12.6. The Hall–Kier alpha value is -1.61. The minimum atomic E-state index is 0.604.